The molecule has 1 aliphatic heterocycles. The van der Waals surface area contributed by atoms with Crippen molar-refractivity contribution in [2.45, 2.75) is 26.3 Å². The molecule has 0 N–H and O–H groups in total. The minimum absolute atomic E-state index is 0.164. The first-order chi connectivity index (χ1) is 6.95. The molecule has 4 atom stereocenters. The normalized spacial score (nSPS) is 38.1. The lowest BCUT2D eigenvalue weighted by molar-refractivity contribution is -0.137. The number of ketones is 1. The quantitative estimate of drug-likeness (QED) is 0.690. The number of likely N-dealkylation sites (tertiary alicyclic amines) is 1. The van der Waals surface area contributed by atoms with Crippen LogP contribution in [-0.2, 0) is 9.59 Å². The lowest BCUT2D eigenvalue weighted by Gasteiger charge is -2.25. The number of carbonyl (C=O) groups is 2. The third-order valence-electron chi connectivity index (χ3n) is 3.51. The first-order valence-corrected chi connectivity index (χ1v) is 5.01. The first kappa shape index (κ1) is 10.5. The summed E-state index contributed by atoms with van der Waals surface area (Å²) in [5.74, 6) is -1.51. The fourth-order valence-corrected chi connectivity index (χ4v) is 2.83. The molecular formula is C10H13F2NO2. The summed E-state index contributed by atoms with van der Waals surface area (Å²) in [4.78, 5) is 23.9. The summed E-state index contributed by atoms with van der Waals surface area (Å²) in [7, 11) is 0. The van der Waals surface area contributed by atoms with E-state index < -0.39 is 18.4 Å². The van der Waals surface area contributed by atoms with Crippen molar-refractivity contribution in [2.75, 3.05) is 6.54 Å². The van der Waals surface area contributed by atoms with E-state index in [1.807, 2.05) is 0 Å². The van der Waals surface area contributed by atoms with E-state index in [-0.39, 0.29) is 23.5 Å². The number of fused-ring (bicyclic) bond motifs is 1. The van der Waals surface area contributed by atoms with Gasteiger partial charge in [-0.25, -0.2) is 8.78 Å². The molecule has 1 saturated heterocycles. The molecule has 5 heteroatoms. The van der Waals surface area contributed by atoms with E-state index in [0.717, 1.165) is 0 Å². The topological polar surface area (TPSA) is 37.4 Å². The third-order valence-corrected chi connectivity index (χ3v) is 3.51. The van der Waals surface area contributed by atoms with Crippen molar-refractivity contribution in [2.24, 2.45) is 17.8 Å². The third kappa shape index (κ3) is 1.44. The van der Waals surface area contributed by atoms with Gasteiger partial charge < -0.3 is 4.90 Å². The van der Waals surface area contributed by atoms with Crippen molar-refractivity contribution in [3.05, 3.63) is 0 Å². The molecule has 0 aromatic heterocycles. The second-order valence-corrected chi connectivity index (χ2v) is 4.38. The Hall–Kier alpha value is -1.00. The Bertz CT molecular complexity index is 319. The Morgan fingerprint density at radius 3 is 2.33 bits per heavy atom. The van der Waals surface area contributed by atoms with E-state index in [4.69, 9.17) is 0 Å². The van der Waals surface area contributed by atoms with Gasteiger partial charge in [0.05, 0.1) is 6.04 Å². The second-order valence-electron chi connectivity index (χ2n) is 4.38. The molecule has 15 heavy (non-hydrogen) atoms. The van der Waals surface area contributed by atoms with Gasteiger partial charge in [-0.3, -0.25) is 9.59 Å². The molecule has 0 aromatic rings. The Morgan fingerprint density at radius 1 is 1.33 bits per heavy atom. The number of halogens is 2. The van der Waals surface area contributed by atoms with Gasteiger partial charge in [-0.15, -0.1) is 0 Å². The summed E-state index contributed by atoms with van der Waals surface area (Å²) >= 11 is 0. The molecule has 84 valence electrons. The lowest BCUT2D eigenvalue weighted by Crippen LogP contribution is -2.42. The molecule has 2 aliphatic rings. The number of alkyl halides is 2. The van der Waals surface area contributed by atoms with Crippen molar-refractivity contribution in [3.8, 4) is 0 Å². The van der Waals surface area contributed by atoms with Crippen molar-refractivity contribution < 1.29 is 18.4 Å². The molecule has 0 spiro atoms. The minimum atomic E-state index is -2.36. The molecule has 2 fully saturated rings. The van der Waals surface area contributed by atoms with Crippen LogP contribution in [0.5, 0.6) is 0 Å². The van der Waals surface area contributed by atoms with E-state index in [0.29, 0.717) is 6.54 Å². The number of carbonyl (C=O) groups excluding carboxylic acids is 2. The molecule has 1 aliphatic carbocycles. The summed E-state index contributed by atoms with van der Waals surface area (Å²) < 4.78 is 25.0. The van der Waals surface area contributed by atoms with Gasteiger partial charge in [0, 0.05) is 19.4 Å². The maximum absolute atomic E-state index is 12.5. The Morgan fingerprint density at radius 2 is 1.93 bits per heavy atom. The lowest BCUT2D eigenvalue weighted by atomic mass is 10.1. The van der Waals surface area contributed by atoms with Crippen molar-refractivity contribution in [1.29, 1.82) is 0 Å². The van der Waals surface area contributed by atoms with Crippen LogP contribution in [-0.4, -0.2) is 35.6 Å². The largest absolute Gasteiger partial charge is 0.332 e. The summed E-state index contributed by atoms with van der Waals surface area (Å²) in [5.41, 5.74) is 0. The minimum Gasteiger partial charge on any atom is -0.332 e. The molecule has 0 radical (unpaired) electrons. The van der Waals surface area contributed by atoms with Gasteiger partial charge >= 0.3 is 0 Å². The van der Waals surface area contributed by atoms with E-state index >= 15 is 0 Å². The van der Waals surface area contributed by atoms with Crippen molar-refractivity contribution in [1.82, 2.24) is 4.90 Å². The predicted molar refractivity (Wildman–Crippen MR) is 48.3 cm³/mol. The maximum Gasteiger partial charge on any atom is 0.242 e. The Kier molecular flexibility index (Phi) is 2.28. The van der Waals surface area contributed by atoms with Gasteiger partial charge in [0.1, 0.15) is 0 Å². The fourth-order valence-electron chi connectivity index (χ4n) is 2.83. The highest BCUT2D eigenvalue weighted by atomic mass is 19.3. The highest BCUT2D eigenvalue weighted by Crippen LogP contribution is 2.58. The van der Waals surface area contributed by atoms with Gasteiger partial charge in [-0.2, -0.15) is 0 Å². The maximum atomic E-state index is 12.5. The SMILES string of the molecule is CC(=O)[C@@H]1[C@H]2C(C(F)F)[C@H]2CN1C(C)=O. The summed E-state index contributed by atoms with van der Waals surface area (Å²) in [5, 5.41) is 0. The van der Waals surface area contributed by atoms with E-state index in [1.54, 1.807) is 0 Å². The van der Waals surface area contributed by atoms with Crippen LogP contribution < -0.4 is 0 Å². The van der Waals surface area contributed by atoms with Crippen LogP contribution in [0.25, 0.3) is 0 Å². The molecule has 1 saturated carbocycles. The number of hydrogen-bond acceptors (Lipinski definition) is 2. The number of Topliss-reactive ketones (excluding diaryl/α,β-unsaturated/α-hetero) is 1. The van der Waals surface area contributed by atoms with Crippen LogP contribution in [0.1, 0.15) is 13.8 Å². The number of hydrogen-bond donors (Lipinski definition) is 0. The summed E-state index contributed by atoms with van der Waals surface area (Å²) in [6.07, 6.45) is -2.36. The number of piperidine rings is 1. The van der Waals surface area contributed by atoms with Crippen LogP contribution in [0.2, 0.25) is 0 Å². The Balaban J connectivity index is 2.15. The van der Waals surface area contributed by atoms with Crippen LogP contribution >= 0.6 is 0 Å². The van der Waals surface area contributed by atoms with Crippen LogP contribution in [0.4, 0.5) is 8.78 Å². The molecule has 1 unspecified atom stereocenters. The fraction of sp³-hybridized carbons (Fsp3) is 0.800. The smallest absolute Gasteiger partial charge is 0.242 e. The monoisotopic (exact) mass is 217 g/mol. The second kappa shape index (κ2) is 3.25. The predicted octanol–water partition coefficient (Wildman–Crippen LogP) is 0.933. The van der Waals surface area contributed by atoms with Gasteiger partial charge in [0.15, 0.2) is 5.78 Å². The van der Waals surface area contributed by atoms with E-state index in [1.165, 1.54) is 18.7 Å². The van der Waals surface area contributed by atoms with Crippen molar-refractivity contribution >= 4 is 11.7 Å². The average Bonchev–Trinajstić information content (AvgIpc) is 2.66. The van der Waals surface area contributed by atoms with Gasteiger partial charge in [0.2, 0.25) is 12.3 Å². The standard InChI is InChI=1S/C10H13F2NO2/c1-4(14)9-7-6(8(7)10(11)12)3-13(9)5(2)15/h6-10H,3H2,1-2H3/t6-,7+,8?,9+/m0/s1. The van der Waals surface area contributed by atoms with Crippen LogP contribution in [0, 0.1) is 17.8 Å². The molecule has 1 amide bonds. The summed E-state index contributed by atoms with van der Waals surface area (Å²) in [6.45, 7) is 3.06. The average molecular weight is 217 g/mol. The van der Waals surface area contributed by atoms with E-state index in [2.05, 4.69) is 0 Å². The van der Waals surface area contributed by atoms with Gasteiger partial charge in [0.25, 0.3) is 0 Å². The number of nitrogens with zero attached hydrogens (tertiary/aromatic N) is 1. The van der Waals surface area contributed by atoms with Gasteiger partial charge in [-0.05, 0) is 18.8 Å². The van der Waals surface area contributed by atoms with E-state index in [9.17, 15) is 18.4 Å². The highest BCUT2D eigenvalue weighted by Gasteiger charge is 2.66. The number of rotatable bonds is 2. The molecule has 0 bridgehead atoms. The molecule has 2 rings (SSSR count). The zero-order valence-corrected chi connectivity index (χ0v) is 8.61. The molecule has 0 aromatic carbocycles. The Labute approximate surface area is 86.4 Å². The summed E-state index contributed by atoms with van der Waals surface area (Å²) in [6, 6.07) is -0.605. The molecular weight excluding hydrogens is 204 g/mol. The zero-order valence-electron chi connectivity index (χ0n) is 8.61. The number of amides is 1. The molecule has 1 heterocycles. The van der Waals surface area contributed by atoms with Crippen LogP contribution in [0.15, 0.2) is 0 Å². The zero-order chi connectivity index (χ0) is 11.3. The van der Waals surface area contributed by atoms with Crippen molar-refractivity contribution in [3.63, 3.8) is 0 Å². The van der Waals surface area contributed by atoms with Crippen LogP contribution in [0.3, 0.4) is 0 Å². The first-order valence-electron chi connectivity index (χ1n) is 5.01. The molecule has 3 nitrogen and oxygen atoms in total. The highest BCUT2D eigenvalue weighted by molar-refractivity contribution is 5.88. The van der Waals surface area contributed by atoms with Gasteiger partial charge in [-0.1, -0.05) is 0 Å².